The molecule has 0 aromatic carbocycles. The molecule has 0 unspecified atom stereocenters. The molecule has 1 saturated heterocycles. The van der Waals surface area contributed by atoms with E-state index < -0.39 is 0 Å². The minimum Gasteiger partial charge on any atom is -0.347 e. The van der Waals surface area contributed by atoms with Crippen molar-refractivity contribution < 1.29 is 4.79 Å². The number of hydrogen-bond acceptors (Lipinski definition) is 2. The fourth-order valence-electron chi connectivity index (χ4n) is 1.96. The van der Waals surface area contributed by atoms with Gasteiger partial charge in [0.25, 0.3) is 5.91 Å². The summed E-state index contributed by atoms with van der Waals surface area (Å²) in [7, 11) is 0. The third-order valence-corrected chi connectivity index (χ3v) is 3.04. The molecule has 1 fully saturated rings. The second kappa shape index (κ2) is 4.89. The number of rotatable bonds is 3. The monoisotopic (exact) mass is 241 g/mol. The van der Waals surface area contributed by atoms with Crippen molar-refractivity contribution in [1.82, 2.24) is 15.2 Å². The molecule has 1 aliphatic rings. The molecule has 2 heterocycles. The van der Waals surface area contributed by atoms with Crippen LogP contribution in [0.4, 0.5) is 0 Å². The van der Waals surface area contributed by atoms with Crippen LogP contribution in [0.5, 0.6) is 0 Å². The molecule has 0 aliphatic carbocycles. The molecule has 4 nitrogen and oxygen atoms in total. The summed E-state index contributed by atoms with van der Waals surface area (Å²) in [5.41, 5.74) is 0.638. The van der Waals surface area contributed by atoms with Crippen molar-refractivity contribution in [3.63, 3.8) is 0 Å². The topological polar surface area (TPSA) is 46.1 Å². The fraction of sp³-hybridized carbons (Fsp3) is 0.545. The maximum absolute atomic E-state index is 12.0. The highest BCUT2D eigenvalue weighted by Crippen LogP contribution is 2.14. The molecule has 1 aliphatic heterocycles. The van der Waals surface area contributed by atoms with Crippen molar-refractivity contribution in [3.05, 3.63) is 23.0 Å². The standard InChI is InChI=1S/C11H16ClN3O/c1-2-15-7-8(12)5-10(15)11(16)14-9-3-4-13-6-9/h5,7,9,13H,2-4,6H2,1H3,(H,14,16)/t9-/m0/s1. The molecule has 2 N–H and O–H groups in total. The first-order chi connectivity index (χ1) is 7.70. The smallest absolute Gasteiger partial charge is 0.268 e. The van der Waals surface area contributed by atoms with Crippen molar-refractivity contribution in [3.8, 4) is 0 Å². The van der Waals surface area contributed by atoms with E-state index in [9.17, 15) is 4.79 Å². The van der Waals surface area contributed by atoms with Gasteiger partial charge in [0.05, 0.1) is 5.02 Å². The van der Waals surface area contributed by atoms with Crippen LogP contribution in [-0.2, 0) is 6.54 Å². The summed E-state index contributed by atoms with van der Waals surface area (Å²) < 4.78 is 1.86. The van der Waals surface area contributed by atoms with Gasteiger partial charge in [-0.05, 0) is 26.0 Å². The Labute approximate surface area is 100.0 Å². The second-order valence-corrected chi connectivity index (χ2v) is 4.43. The Kier molecular flexibility index (Phi) is 3.51. The molecule has 5 heteroatoms. The zero-order valence-corrected chi connectivity index (χ0v) is 10.0. The van der Waals surface area contributed by atoms with Crippen LogP contribution in [0.2, 0.25) is 5.02 Å². The van der Waals surface area contributed by atoms with Crippen LogP contribution >= 0.6 is 11.6 Å². The third-order valence-electron chi connectivity index (χ3n) is 2.83. The molecule has 1 amide bonds. The van der Waals surface area contributed by atoms with Gasteiger partial charge in [0.2, 0.25) is 0 Å². The minimum absolute atomic E-state index is 0.0394. The molecule has 1 aromatic rings. The zero-order valence-electron chi connectivity index (χ0n) is 9.29. The van der Waals surface area contributed by atoms with Crippen molar-refractivity contribution in [2.45, 2.75) is 25.9 Å². The lowest BCUT2D eigenvalue weighted by Crippen LogP contribution is -2.37. The number of hydrogen-bond donors (Lipinski definition) is 2. The van der Waals surface area contributed by atoms with Crippen molar-refractivity contribution in [1.29, 1.82) is 0 Å². The van der Waals surface area contributed by atoms with E-state index in [1.165, 1.54) is 0 Å². The Morgan fingerprint density at radius 3 is 3.19 bits per heavy atom. The van der Waals surface area contributed by atoms with E-state index in [4.69, 9.17) is 11.6 Å². The molecule has 0 spiro atoms. The molecule has 1 aromatic heterocycles. The highest BCUT2D eigenvalue weighted by atomic mass is 35.5. The maximum Gasteiger partial charge on any atom is 0.268 e. The number of aromatic nitrogens is 1. The number of carbonyl (C=O) groups is 1. The first kappa shape index (κ1) is 11.5. The first-order valence-electron chi connectivity index (χ1n) is 5.58. The van der Waals surface area contributed by atoms with Crippen LogP contribution in [0.15, 0.2) is 12.3 Å². The van der Waals surface area contributed by atoms with Crippen molar-refractivity contribution in [2.75, 3.05) is 13.1 Å². The number of carbonyl (C=O) groups excluding carboxylic acids is 1. The summed E-state index contributed by atoms with van der Waals surface area (Å²) in [5, 5.41) is 6.83. The number of nitrogens with one attached hydrogen (secondary N) is 2. The van der Waals surface area contributed by atoms with E-state index in [0.717, 1.165) is 26.1 Å². The van der Waals surface area contributed by atoms with E-state index in [1.807, 2.05) is 11.5 Å². The summed E-state index contributed by atoms with van der Waals surface area (Å²) in [6, 6.07) is 1.95. The molecule has 88 valence electrons. The quantitative estimate of drug-likeness (QED) is 0.837. The van der Waals surface area contributed by atoms with E-state index in [-0.39, 0.29) is 11.9 Å². The van der Waals surface area contributed by atoms with Crippen LogP contribution in [0.1, 0.15) is 23.8 Å². The van der Waals surface area contributed by atoms with Gasteiger partial charge in [0.15, 0.2) is 0 Å². The first-order valence-corrected chi connectivity index (χ1v) is 5.95. The average Bonchev–Trinajstić information content (AvgIpc) is 2.86. The van der Waals surface area contributed by atoms with Gasteiger partial charge in [0.1, 0.15) is 5.69 Å². The van der Waals surface area contributed by atoms with Gasteiger partial charge in [-0.3, -0.25) is 4.79 Å². The van der Waals surface area contributed by atoms with Crippen molar-refractivity contribution in [2.24, 2.45) is 0 Å². The Bertz CT molecular complexity index is 383. The Hall–Kier alpha value is -1.00. The molecule has 0 bridgehead atoms. The summed E-state index contributed by atoms with van der Waals surface area (Å²) in [6.45, 7) is 4.56. The summed E-state index contributed by atoms with van der Waals surface area (Å²) in [4.78, 5) is 12.0. The zero-order chi connectivity index (χ0) is 11.5. The van der Waals surface area contributed by atoms with Gasteiger partial charge >= 0.3 is 0 Å². The average molecular weight is 242 g/mol. The van der Waals surface area contributed by atoms with Crippen LogP contribution < -0.4 is 10.6 Å². The fourth-order valence-corrected chi connectivity index (χ4v) is 2.19. The highest BCUT2D eigenvalue weighted by molar-refractivity contribution is 6.31. The van der Waals surface area contributed by atoms with E-state index >= 15 is 0 Å². The van der Waals surface area contributed by atoms with Crippen molar-refractivity contribution >= 4 is 17.5 Å². The largest absolute Gasteiger partial charge is 0.347 e. The Balaban J connectivity index is 2.07. The number of halogens is 1. The molecule has 16 heavy (non-hydrogen) atoms. The summed E-state index contributed by atoms with van der Waals surface area (Å²) in [6.07, 6.45) is 2.77. The lowest BCUT2D eigenvalue weighted by Gasteiger charge is -2.12. The summed E-state index contributed by atoms with van der Waals surface area (Å²) in [5.74, 6) is -0.0394. The molecule has 0 radical (unpaired) electrons. The lowest BCUT2D eigenvalue weighted by molar-refractivity contribution is 0.0931. The van der Waals surface area contributed by atoms with E-state index in [2.05, 4.69) is 10.6 Å². The van der Waals surface area contributed by atoms with Crippen LogP contribution in [0, 0.1) is 0 Å². The van der Waals surface area contributed by atoms with Gasteiger partial charge in [0, 0.05) is 25.3 Å². The number of amides is 1. The molecule has 2 rings (SSSR count). The van der Waals surface area contributed by atoms with Crippen LogP contribution in [0.25, 0.3) is 0 Å². The SMILES string of the molecule is CCn1cc(Cl)cc1C(=O)N[C@H]1CCNC1. The predicted octanol–water partition coefficient (Wildman–Crippen LogP) is 1.25. The van der Waals surface area contributed by atoms with Crippen LogP contribution in [0.3, 0.4) is 0 Å². The summed E-state index contributed by atoms with van der Waals surface area (Å²) >= 11 is 5.89. The number of nitrogens with zero attached hydrogens (tertiary/aromatic N) is 1. The minimum atomic E-state index is -0.0394. The maximum atomic E-state index is 12.0. The predicted molar refractivity (Wildman–Crippen MR) is 63.9 cm³/mol. The van der Waals surface area contributed by atoms with Gasteiger partial charge in [-0.1, -0.05) is 11.6 Å². The third kappa shape index (κ3) is 2.39. The van der Waals surface area contributed by atoms with Gasteiger partial charge in [-0.2, -0.15) is 0 Å². The Morgan fingerprint density at radius 2 is 2.56 bits per heavy atom. The molecule has 0 saturated carbocycles. The molecular weight excluding hydrogens is 226 g/mol. The lowest BCUT2D eigenvalue weighted by atomic mass is 10.2. The number of aryl methyl sites for hydroxylation is 1. The van der Waals surface area contributed by atoms with Gasteiger partial charge in [-0.25, -0.2) is 0 Å². The van der Waals surface area contributed by atoms with Gasteiger partial charge in [-0.15, -0.1) is 0 Å². The van der Waals surface area contributed by atoms with Crippen LogP contribution in [-0.4, -0.2) is 29.6 Å². The van der Waals surface area contributed by atoms with Gasteiger partial charge < -0.3 is 15.2 Å². The molecular formula is C11H16ClN3O. The normalized spacial score (nSPS) is 20.0. The second-order valence-electron chi connectivity index (χ2n) is 3.99. The highest BCUT2D eigenvalue weighted by Gasteiger charge is 2.19. The van der Waals surface area contributed by atoms with E-state index in [0.29, 0.717) is 10.7 Å². The Morgan fingerprint density at radius 1 is 1.75 bits per heavy atom. The molecule has 1 atom stereocenters. The van der Waals surface area contributed by atoms with E-state index in [1.54, 1.807) is 12.3 Å².